The molecular formula is C12H25N3O5S. The van der Waals surface area contributed by atoms with Crippen molar-refractivity contribution in [3.8, 4) is 0 Å². The monoisotopic (exact) mass is 323 g/mol. The van der Waals surface area contributed by atoms with Gasteiger partial charge in [-0.1, -0.05) is 0 Å². The van der Waals surface area contributed by atoms with Gasteiger partial charge in [0.2, 0.25) is 11.8 Å². The van der Waals surface area contributed by atoms with Gasteiger partial charge in [-0.25, -0.2) is 8.42 Å². The van der Waals surface area contributed by atoms with Gasteiger partial charge in [0.05, 0.1) is 18.3 Å². The Balaban J connectivity index is 4.10. The van der Waals surface area contributed by atoms with Crippen LogP contribution in [0.3, 0.4) is 0 Å². The van der Waals surface area contributed by atoms with Crippen LogP contribution in [-0.4, -0.2) is 77.0 Å². The molecule has 0 spiro atoms. The Morgan fingerprint density at radius 2 is 2.00 bits per heavy atom. The maximum atomic E-state index is 11.9. The van der Waals surface area contributed by atoms with Gasteiger partial charge < -0.3 is 20.7 Å². The Kier molecular flexibility index (Phi) is 9.14. The minimum absolute atomic E-state index is 0.0392. The molecule has 2 amide bonds. The van der Waals surface area contributed by atoms with E-state index >= 15 is 0 Å². The number of carbonyl (C=O) groups is 2. The Bertz CT molecular complexity index is 438. The number of likely N-dealkylation sites (N-methyl/N-ethyl adjacent to an activating group) is 1. The molecule has 1 unspecified atom stereocenters. The SMILES string of the molecule is COCCCNC(=O)CN(C)C(=O)C(N)CCS(C)(=O)=O. The van der Waals surface area contributed by atoms with Crippen LogP contribution in [0.5, 0.6) is 0 Å². The van der Waals surface area contributed by atoms with Crippen molar-refractivity contribution < 1.29 is 22.7 Å². The van der Waals surface area contributed by atoms with Gasteiger partial charge >= 0.3 is 0 Å². The summed E-state index contributed by atoms with van der Waals surface area (Å²) < 4.78 is 26.9. The smallest absolute Gasteiger partial charge is 0.239 e. The van der Waals surface area contributed by atoms with Crippen LogP contribution in [0.1, 0.15) is 12.8 Å². The first-order chi connectivity index (χ1) is 9.67. The van der Waals surface area contributed by atoms with E-state index < -0.39 is 21.8 Å². The highest BCUT2D eigenvalue weighted by Crippen LogP contribution is 1.98. The van der Waals surface area contributed by atoms with Crippen molar-refractivity contribution in [2.75, 3.05) is 45.9 Å². The van der Waals surface area contributed by atoms with Gasteiger partial charge in [0.25, 0.3) is 0 Å². The zero-order valence-electron chi connectivity index (χ0n) is 12.8. The summed E-state index contributed by atoms with van der Waals surface area (Å²) in [6.07, 6.45) is 1.81. The first kappa shape index (κ1) is 19.8. The standard InChI is InChI=1S/C12H25N3O5S/c1-15(9-11(16)14-6-4-7-20-2)12(17)10(13)5-8-21(3,18)19/h10H,4-9,13H2,1-3H3,(H,14,16). The number of rotatable bonds is 10. The van der Waals surface area contributed by atoms with Crippen LogP contribution in [0.4, 0.5) is 0 Å². The summed E-state index contributed by atoms with van der Waals surface area (Å²) in [5, 5.41) is 2.65. The lowest BCUT2D eigenvalue weighted by molar-refractivity contribution is -0.135. The molecule has 0 aliphatic rings. The summed E-state index contributed by atoms with van der Waals surface area (Å²) in [5.41, 5.74) is 5.64. The van der Waals surface area contributed by atoms with Crippen LogP contribution in [-0.2, 0) is 24.2 Å². The number of nitrogens with one attached hydrogen (secondary N) is 1. The van der Waals surface area contributed by atoms with Crippen molar-refractivity contribution in [3.63, 3.8) is 0 Å². The van der Waals surface area contributed by atoms with Crippen LogP contribution in [0.25, 0.3) is 0 Å². The number of hydrogen-bond acceptors (Lipinski definition) is 6. The number of methoxy groups -OCH3 is 1. The predicted octanol–water partition coefficient (Wildman–Crippen LogP) is -1.64. The zero-order chi connectivity index (χ0) is 16.5. The quantitative estimate of drug-likeness (QED) is 0.465. The van der Waals surface area contributed by atoms with Gasteiger partial charge in [-0.3, -0.25) is 9.59 Å². The Morgan fingerprint density at radius 3 is 2.52 bits per heavy atom. The molecule has 0 aromatic heterocycles. The molecule has 0 aromatic rings. The molecule has 0 rings (SSSR count). The van der Waals surface area contributed by atoms with Gasteiger partial charge in [-0.2, -0.15) is 0 Å². The minimum atomic E-state index is -3.16. The summed E-state index contributed by atoms with van der Waals surface area (Å²) in [6.45, 7) is 0.901. The summed E-state index contributed by atoms with van der Waals surface area (Å²) in [4.78, 5) is 24.6. The van der Waals surface area contributed by atoms with E-state index in [1.165, 1.54) is 11.9 Å². The van der Waals surface area contributed by atoms with Gasteiger partial charge in [0, 0.05) is 33.6 Å². The number of hydrogen-bond donors (Lipinski definition) is 2. The predicted molar refractivity (Wildman–Crippen MR) is 79.4 cm³/mol. The lowest BCUT2D eigenvalue weighted by Gasteiger charge is -2.20. The number of nitrogens with two attached hydrogens (primary N) is 1. The van der Waals surface area contributed by atoms with Crippen LogP contribution < -0.4 is 11.1 Å². The maximum Gasteiger partial charge on any atom is 0.239 e. The van der Waals surface area contributed by atoms with E-state index in [1.54, 1.807) is 7.11 Å². The second kappa shape index (κ2) is 9.69. The molecule has 0 bridgehead atoms. The molecule has 8 nitrogen and oxygen atoms in total. The van der Waals surface area contributed by atoms with Gasteiger partial charge in [0.15, 0.2) is 0 Å². The highest BCUT2D eigenvalue weighted by Gasteiger charge is 2.21. The van der Waals surface area contributed by atoms with E-state index in [2.05, 4.69) is 5.32 Å². The first-order valence-electron chi connectivity index (χ1n) is 6.61. The van der Waals surface area contributed by atoms with Gasteiger partial charge in [-0.15, -0.1) is 0 Å². The first-order valence-corrected chi connectivity index (χ1v) is 8.67. The normalized spacial score (nSPS) is 12.8. The van der Waals surface area contributed by atoms with Crippen molar-refractivity contribution >= 4 is 21.7 Å². The number of carbonyl (C=O) groups excluding carboxylic acids is 2. The molecule has 21 heavy (non-hydrogen) atoms. The van der Waals surface area contributed by atoms with Crippen LogP contribution in [0.2, 0.25) is 0 Å². The Morgan fingerprint density at radius 1 is 1.38 bits per heavy atom. The molecule has 0 saturated heterocycles. The van der Waals surface area contributed by atoms with Crippen LogP contribution in [0.15, 0.2) is 0 Å². The third-order valence-corrected chi connectivity index (χ3v) is 3.70. The molecule has 0 radical (unpaired) electrons. The number of amides is 2. The summed E-state index contributed by atoms with van der Waals surface area (Å²) >= 11 is 0. The lowest BCUT2D eigenvalue weighted by Crippen LogP contribution is -2.46. The molecule has 1 atom stereocenters. The molecule has 0 aromatic carbocycles. The third kappa shape index (κ3) is 10.2. The van der Waals surface area contributed by atoms with Crippen LogP contribution >= 0.6 is 0 Å². The summed E-state index contributed by atoms with van der Waals surface area (Å²) in [6, 6.07) is -0.925. The minimum Gasteiger partial charge on any atom is -0.385 e. The summed E-state index contributed by atoms with van der Waals surface area (Å²) in [5.74, 6) is -0.903. The van der Waals surface area contributed by atoms with Crippen LogP contribution in [0, 0.1) is 0 Å². The van der Waals surface area contributed by atoms with E-state index in [0.717, 1.165) is 6.26 Å². The largest absolute Gasteiger partial charge is 0.385 e. The van der Waals surface area contributed by atoms with E-state index in [0.29, 0.717) is 19.6 Å². The molecule has 0 aliphatic carbocycles. The zero-order valence-corrected chi connectivity index (χ0v) is 13.6. The molecule has 9 heteroatoms. The fourth-order valence-electron chi connectivity index (χ4n) is 1.54. The molecule has 3 N–H and O–H groups in total. The molecule has 0 aliphatic heterocycles. The molecule has 0 fully saturated rings. The average Bonchev–Trinajstić information content (AvgIpc) is 2.39. The van der Waals surface area contributed by atoms with Crippen molar-refractivity contribution in [2.45, 2.75) is 18.9 Å². The average molecular weight is 323 g/mol. The van der Waals surface area contributed by atoms with E-state index in [4.69, 9.17) is 10.5 Å². The fourth-order valence-corrected chi connectivity index (χ4v) is 2.22. The fraction of sp³-hybridized carbons (Fsp3) is 0.833. The second-order valence-corrected chi connectivity index (χ2v) is 7.18. The van der Waals surface area contributed by atoms with Crippen molar-refractivity contribution in [1.82, 2.24) is 10.2 Å². The topological polar surface area (TPSA) is 119 Å². The van der Waals surface area contributed by atoms with E-state index in [1.807, 2.05) is 0 Å². The molecule has 124 valence electrons. The Hall–Kier alpha value is -1.19. The van der Waals surface area contributed by atoms with Crippen molar-refractivity contribution in [1.29, 1.82) is 0 Å². The summed E-state index contributed by atoms with van der Waals surface area (Å²) in [7, 11) is -0.130. The lowest BCUT2D eigenvalue weighted by atomic mass is 10.2. The molecule has 0 heterocycles. The van der Waals surface area contributed by atoms with Crippen molar-refractivity contribution in [2.24, 2.45) is 5.73 Å². The van der Waals surface area contributed by atoms with Gasteiger partial charge in [0.1, 0.15) is 9.84 Å². The van der Waals surface area contributed by atoms with Crippen molar-refractivity contribution in [3.05, 3.63) is 0 Å². The maximum absolute atomic E-state index is 11.9. The highest BCUT2D eigenvalue weighted by atomic mass is 32.2. The number of ether oxygens (including phenoxy) is 1. The highest BCUT2D eigenvalue weighted by molar-refractivity contribution is 7.90. The van der Waals surface area contributed by atoms with E-state index in [-0.39, 0.29) is 24.6 Å². The van der Waals surface area contributed by atoms with Gasteiger partial charge in [-0.05, 0) is 12.8 Å². The second-order valence-electron chi connectivity index (χ2n) is 4.92. The molecular weight excluding hydrogens is 298 g/mol. The number of sulfone groups is 1. The Labute approximate surface area is 125 Å². The van der Waals surface area contributed by atoms with E-state index in [9.17, 15) is 18.0 Å². The molecule has 0 saturated carbocycles. The number of nitrogens with zero attached hydrogens (tertiary/aromatic N) is 1. The third-order valence-electron chi connectivity index (χ3n) is 2.72.